The Hall–Kier alpha value is -3.30. The number of aromatic hydroxyl groups is 1. The largest absolute Gasteiger partial charge is 0.508 e. The van der Waals surface area contributed by atoms with E-state index in [1.54, 1.807) is 24.3 Å². The Kier molecular flexibility index (Phi) is 3.05. The number of pyridine rings is 1. The molecule has 0 saturated heterocycles. The number of furan rings is 1. The van der Waals surface area contributed by atoms with Crippen LogP contribution in [0.5, 0.6) is 5.75 Å². The highest BCUT2D eigenvalue weighted by atomic mass is 16.4. The van der Waals surface area contributed by atoms with E-state index in [2.05, 4.69) is 11.1 Å². The van der Waals surface area contributed by atoms with Crippen molar-refractivity contribution in [1.29, 1.82) is 5.26 Å². The summed E-state index contributed by atoms with van der Waals surface area (Å²) >= 11 is 0. The standard InChI is InChI=1S/C18H13N3O3/c19-7-14-16(15-4-3-11(8-22)24-15)13-5-9-1-2-10(23)6-12(9)17(13)21-18(14)20/h1-4,6,22-23H,5,8H2,(H2,20,21). The maximum atomic E-state index is 9.76. The maximum Gasteiger partial charge on any atom is 0.142 e. The Labute approximate surface area is 137 Å². The van der Waals surface area contributed by atoms with Gasteiger partial charge in [0.25, 0.3) is 0 Å². The van der Waals surface area contributed by atoms with Gasteiger partial charge in [0.2, 0.25) is 0 Å². The van der Waals surface area contributed by atoms with Crippen molar-refractivity contribution in [3.63, 3.8) is 0 Å². The topological polar surface area (TPSA) is 116 Å². The van der Waals surface area contributed by atoms with E-state index in [1.165, 1.54) is 0 Å². The van der Waals surface area contributed by atoms with E-state index in [1.807, 2.05) is 6.07 Å². The maximum absolute atomic E-state index is 9.76. The van der Waals surface area contributed by atoms with E-state index < -0.39 is 0 Å². The van der Waals surface area contributed by atoms with Gasteiger partial charge in [-0.1, -0.05) is 6.07 Å². The molecule has 4 N–H and O–H groups in total. The van der Waals surface area contributed by atoms with Crippen LogP contribution in [-0.2, 0) is 13.0 Å². The summed E-state index contributed by atoms with van der Waals surface area (Å²) in [5.41, 5.74) is 10.1. The van der Waals surface area contributed by atoms with Gasteiger partial charge in [-0.2, -0.15) is 5.26 Å². The van der Waals surface area contributed by atoms with Gasteiger partial charge in [0, 0.05) is 17.5 Å². The first-order valence-corrected chi connectivity index (χ1v) is 7.37. The van der Waals surface area contributed by atoms with Crippen LogP contribution in [0.1, 0.15) is 22.5 Å². The number of hydrogen-bond donors (Lipinski definition) is 3. The summed E-state index contributed by atoms with van der Waals surface area (Å²) in [6, 6.07) is 10.6. The van der Waals surface area contributed by atoms with Gasteiger partial charge in [0.05, 0.1) is 5.69 Å². The number of hydrogen-bond acceptors (Lipinski definition) is 6. The molecular formula is C18H13N3O3. The summed E-state index contributed by atoms with van der Waals surface area (Å²) in [6.45, 7) is -0.223. The number of phenols is 1. The fourth-order valence-electron chi connectivity index (χ4n) is 3.15. The summed E-state index contributed by atoms with van der Waals surface area (Å²) in [6.07, 6.45) is 0.567. The Morgan fingerprint density at radius 3 is 2.83 bits per heavy atom. The molecule has 0 radical (unpaired) electrons. The molecule has 6 heteroatoms. The second-order valence-corrected chi connectivity index (χ2v) is 5.63. The lowest BCUT2D eigenvalue weighted by molar-refractivity contribution is 0.248. The molecule has 0 fully saturated rings. The van der Waals surface area contributed by atoms with Gasteiger partial charge < -0.3 is 20.4 Å². The number of rotatable bonds is 2. The van der Waals surface area contributed by atoms with Crippen molar-refractivity contribution < 1.29 is 14.6 Å². The zero-order chi connectivity index (χ0) is 16.8. The monoisotopic (exact) mass is 319 g/mol. The third-order valence-electron chi connectivity index (χ3n) is 4.22. The first-order chi connectivity index (χ1) is 11.6. The molecule has 0 amide bonds. The van der Waals surface area contributed by atoms with Gasteiger partial charge in [-0.15, -0.1) is 0 Å². The molecule has 0 saturated carbocycles. The van der Waals surface area contributed by atoms with E-state index in [-0.39, 0.29) is 23.7 Å². The Balaban J connectivity index is 2.02. The molecule has 3 aromatic rings. The number of nitrogens with two attached hydrogens (primary N) is 1. The van der Waals surface area contributed by atoms with Crippen LogP contribution in [0, 0.1) is 11.3 Å². The number of nitriles is 1. The molecule has 0 aliphatic heterocycles. The smallest absolute Gasteiger partial charge is 0.142 e. The molecule has 0 unspecified atom stereocenters. The van der Waals surface area contributed by atoms with Crippen LogP contribution in [0.3, 0.4) is 0 Å². The van der Waals surface area contributed by atoms with Crippen LogP contribution in [0.4, 0.5) is 5.82 Å². The number of benzene rings is 1. The predicted octanol–water partition coefficient (Wildman–Crippen LogP) is 2.56. The second-order valence-electron chi connectivity index (χ2n) is 5.63. The quantitative estimate of drug-likeness (QED) is 0.523. The predicted molar refractivity (Wildman–Crippen MR) is 86.9 cm³/mol. The minimum atomic E-state index is -0.223. The Bertz CT molecular complexity index is 1020. The van der Waals surface area contributed by atoms with Crippen molar-refractivity contribution in [2.24, 2.45) is 0 Å². The average Bonchev–Trinajstić information content (AvgIpc) is 3.18. The third kappa shape index (κ3) is 1.96. The average molecular weight is 319 g/mol. The van der Waals surface area contributed by atoms with Crippen LogP contribution in [-0.4, -0.2) is 15.2 Å². The number of aliphatic hydroxyl groups excluding tert-OH is 1. The lowest BCUT2D eigenvalue weighted by Gasteiger charge is -2.10. The number of aliphatic hydroxyl groups is 1. The molecule has 1 aromatic carbocycles. The van der Waals surface area contributed by atoms with Gasteiger partial charge in [0.1, 0.15) is 41.3 Å². The van der Waals surface area contributed by atoms with Crippen molar-refractivity contribution in [2.45, 2.75) is 13.0 Å². The molecule has 1 aliphatic carbocycles. The SMILES string of the molecule is N#Cc1c(N)nc2c(c1-c1ccc(CO)o1)Cc1ccc(O)cc1-2. The normalized spacial score (nSPS) is 11.8. The fourth-order valence-corrected chi connectivity index (χ4v) is 3.15. The Morgan fingerprint density at radius 1 is 1.29 bits per heavy atom. The van der Waals surface area contributed by atoms with Gasteiger partial charge in [-0.25, -0.2) is 4.98 Å². The minimum Gasteiger partial charge on any atom is -0.508 e. The van der Waals surface area contributed by atoms with Crippen molar-refractivity contribution in [3.8, 4) is 34.4 Å². The molecule has 24 heavy (non-hydrogen) atoms. The molecule has 118 valence electrons. The second kappa shape index (κ2) is 5.11. The Morgan fingerprint density at radius 2 is 2.12 bits per heavy atom. The zero-order valence-corrected chi connectivity index (χ0v) is 12.6. The summed E-state index contributed by atoms with van der Waals surface area (Å²) in [7, 11) is 0. The van der Waals surface area contributed by atoms with E-state index in [4.69, 9.17) is 10.2 Å². The zero-order valence-electron chi connectivity index (χ0n) is 12.6. The van der Waals surface area contributed by atoms with Crippen LogP contribution < -0.4 is 5.73 Å². The molecule has 2 heterocycles. The van der Waals surface area contributed by atoms with Crippen LogP contribution in [0.2, 0.25) is 0 Å². The van der Waals surface area contributed by atoms with Crippen molar-refractivity contribution >= 4 is 5.82 Å². The third-order valence-corrected chi connectivity index (χ3v) is 4.22. The molecular weight excluding hydrogens is 306 g/mol. The summed E-state index contributed by atoms with van der Waals surface area (Å²) in [5.74, 6) is 1.14. The summed E-state index contributed by atoms with van der Waals surface area (Å²) in [4.78, 5) is 4.37. The van der Waals surface area contributed by atoms with Crippen molar-refractivity contribution in [1.82, 2.24) is 4.98 Å². The molecule has 0 bridgehead atoms. The van der Waals surface area contributed by atoms with E-state index in [9.17, 15) is 15.5 Å². The van der Waals surface area contributed by atoms with Crippen LogP contribution in [0.25, 0.3) is 22.6 Å². The molecule has 2 aromatic heterocycles. The highest BCUT2D eigenvalue weighted by Gasteiger charge is 2.29. The summed E-state index contributed by atoms with van der Waals surface area (Å²) < 4.78 is 5.63. The summed E-state index contributed by atoms with van der Waals surface area (Å²) in [5, 5.41) is 28.5. The molecule has 0 atom stereocenters. The van der Waals surface area contributed by atoms with Gasteiger partial charge in [0.15, 0.2) is 0 Å². The number of nitrogens with zero attached hydrogens (tertiary/aromatic N) is 2. The number of anilines is 1. The molecule has 1 aliphatic rings. The highest BCUT2D eigenvalue weighted by molar-refractivity contribution is 5.87. The van der Waals surface area contributed by atoms with E-state index in [0.29, 0.717) is 29.2 Å². The minimum absolute atomic E-state index is 0.115. The number of nitrogen functional groups attached to an aromatic ring is 1. The van der Waals surface area contributed by atoms with E-state index >= 15 is 0 Å². The van der Waals surface area contributed by atoms with Crippen molar-refractivity contribution in [2.75, 3.05) is 5.73 Å². The van der Waals surface area contributed by atoms with Gasteiger partial charge in [-0.3, -0.25) is 0 Å². The molecule has 6 nitrogen and oxygen atoms in total. The van der Waals surface area contributed by atoms with Crippen LogP contribution in [0.15, 0.2) is 34.7 Å². The number of aromatic nitrogens is 1. The first-order valence-electron chi connectivity index (χ1n) is 7.37. The molecule has 4 rings (SSSR count). The molecule has 0 spiro atoms. The number of phenolic OH excluding ortho intramolecular Hbond substituents is 1. The van der Waals surface area contributed by atoms with Gasteiger partial charge in [-0.05, 0) is 35.4 Å². The fraction of sp³-hybridized carbons (Fsp3) is 0.111. The lowest BCUT2D eigenvalue weighted by atomic mass is 9.98. The van der Waals surface area contributed by atoms with Crippen molar-refractivity contribution in [3.05, 3.63) is 52.8 Å². The van der Waals surface area contributed by atoms with Gasteiger partial charge >= 0.3 is 0 Å². The first kappa shape index (κ1) is 14.3. The van der Waals surface area contributed by atoms with Crippen LogP contribution >= 0.6 is 0 Å². The highest BCUT2D eigenvalue weighted by Crippen LogP contribution is 2.44. The van der Waals surface area contributed by atoms with E-state index in [0.717, 1.165) is 16.7 Å². The lowest BCUT2D eigenvalue weighted by Crippen LogP contribution is -2.02. The number of fused-ring (bicyclic) bond motifs is 3.